The quantitative estimate of drug-likeness (QED) is 0.807. The number of hydrogen-bond donors (Lipinski definition) is 1. The molecule has 3 aromatic rings. The molecule has 0 bridgehead atoms. The van der Waals surface area contributed by atoms with Crippen molar-refractivity contribution in [2.24, 2.45) is 7.05 Å². The average Bonchev–Trinajstić information content (AvgIpc) is 3.12. The monoisotopic (exact) mass is 294 g/mol. The first kappa shape index (κ1) is 14.1. The number of benzene rings is 1. The minimum Gasteiger partial charge on any atom is -0.323 e. The van der Waals surface area contributed by atoms with E-state index in [0.29, 0.717) is 5.56 Å². The molecular weight excluding hydrogens is 276 g/mol. The maximum Gasteiger partial charge on any atom is 0.257 e. The summed E-state index contributed by atoms with van der Waals surface area (Å²) in [6, 6.07) is 11.4. The lowest BCUT2D eigenvalue weighted by molar-refractivity contribution is 0.102. The summed E-state index contributed by atoms with van der Waals surface area (Å²) in [7, 11) is 1.87. The van der Waals surface area contributed by atoms with Gasteiger partial charge in [0, 0.05) is 19.4 Å². The zero-order valence-electron chi connectivity index (χ0n) is 12.9. The van der Waals surface area contributed by atoms with E-state index in [4.69, 9.17) is 0 Å². The van der Waals surface area contributed by atoms with Crippen molar-refractivity contribution in [1.82, 2.24) is 14.3 Å². The molecule has 0 saturated carbocycles. The third-order valence-corrected chi connectivity index (χ3v) is 3.78. The van der Waals surface area contributed by atoms with Crippen molar-refractivity contribution >= 4 is 11.6 Å². The summed E-state index contributed by atoms with van der Waals surface area (Å²) in [5.74, 6) is -0.136. The van der Waals surface area contributed by atoms with Crippen molar-refractivity contribution in [1.29, 1.82) is 0 Å². The number of carbonyl (C=O) groups excluding carboxylic acids is 1. The lowest BCUT2D eigenvalue weighted by Gasteiger charge is -2.11. The summed E-state index contributed by atoms with van der Waals surface area (Å²) in [6.07, 6.45) is 3.85. The summed E-state index contributed by atoms with van der Waals surface area (Å²) in [5.41, 5.74) is 4.00. The van der Waals surface area contributed by atoms with Crippen LogP contribution < -0.4 is 5.32 Å². The number of rotatable bonds is 3. The number of nitrogens with zero attached hydrogens (tertiary/aromatic N) is 3. The van der Waals surface area contributed by atoms with E-state index in [0.717, 1.165) is 22.8 Å². The maximum atomic E-state index is 12.7. The first-order valence-corrected chi connectivity index (χ1v) is 7.12. The van der Waals surface area contributed by atoms with E-state index in [-0.39, 0.29) is 5.91 Å². The Kier molecular flexibility index (Phi) is 3.55. The van der Waals surface area contributed by atoms with E-state index in [2.05, 4.69) is 10.4 Å². The zero-order chi connectivity index (χ0) is 15.7. The zero-order valence-corrected chi connectivity index (χ0v) is 12.9. The van der Waals surface area contributed by atoms with Crippen molar-refractivity contribution in [2.45, 2.75) is 13.8 Å². The highest BCUT2D eigenvalue weighted by Crippen LogP contribution is 2.21. The van der Waals surface area contributed by atoms with Gasteiger partial charge >= 0.3 is 0 Å². The van der Waals surface area contributed by atoms with Crippen molar-refractivity contribution in [3.63, 3.8) is 0 Å². The number of carbonyl (C=O) groups is 1. The Bertz CT molecular complexity index is 815. The maximum absolute atomic E-state index is 12.7. The van der Waals surface area contributed by atoms with E-state index in [1.54, 1.807) is 4.68 Å². The number of aromatic nitrogens is 3. The minimum atomic E-state index is -0.136. The van der Waals surface area contributed by atoms with Gasteiger partial charge in [-0.3, -0.25) is 9.48 Å². The van der Waals surface area contributed by atoms with Gasteiger partial charge < -0.3 is 9.88 Å². The molecule has 2 aromatic heterocycles. The second-order valence-electron chi connectivity index (χ2n) is 5.23. The Balaban J connectivity index is 1.97. The minimum absolute atomic E-state index is 0.136. The fourth-order valence-corrected chi connectivity index (χ4v) is 2.52. The Labute approximate surface area is 129 Å². The molecule has 1 aromatic carbocycles. The van der Waals surface area contributed by atoms with Gasteiger partial charge in [0.25, 0.3) is 5.91 Å². The first-order chi connectivity index (χ1) is 10.6. The van der Waals surface area contributed by atoms with Gasteiger partial charge in [-0.2, -0.15) is 5.10 Å². The molecule has 3 rings (SSSR count). The molecule has 0 radical (unpaired) electrons. The average molecular weight is 294 g/mol. The number of nitrogens with one attached hydrogen (secondary N) is 1. The van der Waals surface area contributed by atoms with Crippen LogP contribution in [0.15, 0.2) is 48.8 Å². The second-order valence-corrected chi connectivity index (χ2v) is 5.23. The number of para-hydroxylation sites is 1. The van der Waals surface area contributed by atoms with Crippen LogP contribution in [0.5, 0.6) is 0 Å². The normalized spacial score (nSPS) is 10.7. The van der Waals surface area contributed by atoms with Crippen LogP contribution in [0.25, 0.3) is 5.69 Å². The largest absolute Gasteiger partial charge is 0.323 e. The highest BCUT2D eigenvalue weighted by molar-refractivity contribution is 6.07. The molecule has 0 aliphatic rings. The van der Waals surface area contributed by atoms with Gasteiger partial charge in [0.2, 0.25) is 0 Å². The van der Waals surface area contributed by atoms with Gasteiger partial charge in [-0.1, -0.05) is 12.1 Å². The molecule has 5 nitrogen and oxygen atoms in total. The van der Waals surface area contributed by atoms with Gasteiger partial charge in [-0.15, -0.1) is 0 Å². The molecule has 0 saturated heterocycles. The van der Waals surface area contributed by atoms with Gasteiger partial charge in [0.1, 0.15) is 0 Å². The first-order valence-electron chi connectivity index (χ1n) is 7.12. The Morgan fingerprint density at radius 3 is 2.41 bits per heavy atom. The van der Waals surface area contributed by atoms with Crippen molar-refractivity contribution in [3.8, 4) is 5.69 Å². The SMILES string of the molecule is Cc1nn(C)c(C)c1NC(=O)c1ccccc1-n1cccc1. The molecule has 0 atom stereocenters. The van der Waals surface area contributed by atoms with Crippen LogP contribution in [0.4, 0.5) is 5.69 Å². The van der Waals surface area contributed by atoms with E-state index >= 15 is 0 Å². The van der Waals surface area contributed by atoms with Crippen LogP contribution in [0.1, 0.15) is 21.7 Å². The second kappa shape index (κ2) is 5.52. The molecule has 1 amide bonds. The molecule has 112 valence electrons. The van der Waals surface area contributed by atoms with Crippen LogP contribution >= 0.6 is 0 Å². The molecule has 0 aliphatic carbocycles. The number of hydrogen-bond acceptors (Lipinski definition) is 2. The molecule has 0 spiro atoms. The molecule has 2 heterocycles. The predicted molar refractivity (Wildman–Crippen MR) is 86.4 cm³/mol. The highest BCUT2D eigenvalue weighted by Gasteiger charge is 2.16. The Morgan fingerprint density at radius 2 is 1.77 bits per heavy atom. The van der Waals surface area contributed by atoms with Crippen LogP contribution in [0, 0.1) is 13.8 Å². The lowest BCUT2D eigenvalue weighted by atomic mass is 10.1. The highest BCUT2D eigenvalue weighted by atomic mass is 16.1. The Hall–Kier alpha value is -2.82. The van der Waals surface area contributed by atoms with Crippen LogP contribution in [-0.4, -0.2) is 20.3 Å². The van der Waals surface area contributed by atoms with Gasteiger partial charge in [-0.25, -0.2) is 0 Å². The molecule has 0 aliphatic heterocycles. The number of anilines is 1. The van der Waals surface area contributed by atoms with Gasteiger partial charge in [-0.05, 0) is 38.1 Å². The summed E-state index contributed by atoms with van der Waals surface area (Å²) in [4.78, 5) is 12.7. The van der Waals surface area contributed by atoms with E-state index in [1.807, 2.05) is 74.3 Å². The standard InChI is InChI=1S/C17H18N4O/c1-12-16(13(2)20(3)19-12)18-17(22)14-8-4-5-9-15(14)21-10-6-7-11-21/h4-11H,1-3H3,(H,18,22). The summed E-state index contributed by atoms with van der Waals surface area (Å²) >= 11 is 0. The van der Waals surface area contributed by atoms with E-state index in [9.17, 15) is 4.79 Å². The lowest BCUT2D eigenvalue weighted by Crippen LogP contribution is -2.15. The molecule has 1 N–H and O–H groups in total. The van der Waals surface area contributed by atoms with Crippen LogP contribution in [-0.2, 0) is 7.05 Å². The van der Waals surface area contributed by atoms with Crippen molar-refractivity contribution in [2.75, 3.05) is 5.32 Å². The third kappa shape index (κ3) is 2.41. The van der Waals surface area contributed by atoms with Gasteiger partial charge in [0.05, 0.1) is 28.3 Å². The fraction of sp³-hybridized carbons (Fsp3) is 0.176. The molecule has 0 unspecified atom stereocenters. The number of amides is 1. The van der Waals surface area contributed by atoms with E-state index < -0.39 is 0 Å². The number of aryl methyl sites for hydroxylation is 2. The molecule has 0 fully saturated rings. The fourth-order valence-electron chi connectivity index (χ4n) is 2.52. The van der Waals surface area contributed by atoms with E-state index in [1.165, 1.54) is 0 Å². The van der Waals surface area contributed by atoms with Crippen molar-refractivity contribution in [3.05, 3.63) is 65.7 Å². The van der Waals surface area contributed by atoms with Crippen LogP contribution in [0.2, 0.25) is 0 Å². The van der Waals surface area contributed by atoms with Gasteiger partial charge in [0.15, 0.2) is 0 Å². The van der Waals surface area contributed by atoms with Crippen LogP contribution in [0.3, 0.4) is 0 Å². The smallest absolute Gasteiger partial charge is 0.257 e. The predicted octanol–water partition coefficient (Wildman–Crippen LogP) is 3.08. The summed E-state index contributed by atoms with van der Waals surface area (Å²) in [6.45, 7) is 3.83. The van der Waals surface area contributed by atoms with Crippen molar-refractivity contribution < 1.29 is 4.79 Å². The molecular formula is C17H18N4O. The topological polar surface area (TPSA) is 51.9 Å². The Morgan fingerprint density at radius 1 is 1.09 bits per heavy atom. The molecule has 5 heteroatoms. The molecule has 22 heavy (non-hydrogen) atoms. The summed E-state index contributed by atoms with van der Waals surface area (Å²) in [5, 5.41) is 7.31. The summed E-state index contributed by atoms with van der Waals surface area (Å²) < 4.78 is 3.70. The third-order valence-electron chi connectivity index (χ3n) is 3.78.